The molecule has 2 heteroatoms. The molecule has 0 saturated carbocycles. The second-order valence-electron chi connectivity index (χ2n) is 5.95. The van der Waals surface area contributed by atoms with E-state index in [1.807, 2.05) is 48.5 Å². The zero-order valence-corrected chi connectivity index (χ0v) is 12.3. The summed E-state index contributed by atoms with van der Waals surface area (Å²) in [5, 5.41) is 11.9. The highest BCUT2D eigenvalue weighted by Crippen LogP contribution is 2.37. The van der Waals surface area contributed by atoms with Crippen LogP contribution >= 0.6 is 0 Å². The van der Waals surface area contributed by atoms with E-state index in [0.29, 0.717) is 0 Å². The summed E-state index contributed by atoms with van der Waals surface area (Å²) in [5.41, 5.74) is 2.65. The fourth-order valence-corrected chi connectivity index (χ4v) is 2.71. The van der Waals surface area contributed by atoms with Gasteiger partial charge in [0.2, 0.25) is 0 Å². The van der Waals surface area contributed by atoms with Crippen LogP contribution < -0.4 is 0 Å². The highest BCUT2D eigenvalue weighted by atomic mass is 16.3. The molecule has 3 aromatic rings. The first kappa shape index (κ1) is 13.8. The van der Waals surface area contributed by atoms with E-state index in [-0.39, 0.29) is 5.41 Å². The molecule has 0 aliphatic heterocycles. The van der Waals surface area contributed by atoms with Gasteiger partial charge >= 0.3 is 0 Å². The Morgan fingerprint density at radius 3 is 2.48 bits per heavy atom. The Balaban J connectivity index is 2.01. The highest BCUT2D eigenvalue weighted by Gasteiger charge is 2.30. The van der Waals surface area contributed by atoms with E-state index in [4.69, 9.17) is 0 Å². The van der Waals surface area contributed by atoms with Crippen LogP contribution in [0.4, 0.5) is 0 Å². The summed E-state index contributed by atoms with van der Waals surface area (Å²) in [4.78, 5) is 4.32. The van der Waals surface area contributed by atoms with Gasteiger partial charge in [0, 0.05) is 17.0 Å². The number of hydrogen-bond acceptors (Lipinski definition) is 2. The van der Waals surface area contributed by atoms with Crippen molar-refractivity contribution < 1.29 is 5.11 Å². The summed E-state index contributed by atoms with van der Waals surface area (Å²) in [6, 6.07) is 20.0. The topological polar surface area (TPSA) is 33.1 Å². The van der Waals surface area contributed by atoms with Gasteiger partial charge in [-0.2, -0.15) is 0 Å². The van der Waals surface area contributed by atoms with Crippen LogP contribution in [0.25, 0.3) is 10.9 Å². The third kappa shape index (κ3) is 2.55. The molecule has 2 nitrogen and oxygen atoms in total. The molecule has 106 valence electrons. The summed E-state index contributed by atoms with van der Waals surface area (Å²) in [6.45, 7) is 4.14. The Kier molecular flexibility index (Phi) is 3.48. The minimum absolute atomic E-state index is 0.350. The molecule has 1 aromatic heterocycles. The summed E-state index contributed by atoms with van der Waals surface area (Å²) in [7, 11) is 0. The summed E-state index contributed by atoms with van der Waals surface area (Å²) in [6.07, 6.45) is 1.22. The first-order chi connectivity index (χ1) is 10.1. The lowest BCUT2D eigenvalue weighted by atomic mass is 9.76. The van der Waals surface area contributed by atoms with Gasteiger partial charge < -0.3 is 5.11 Å². The van der Waals surface area contributed by atoms with Crippen LogP contribution in [0.2, 0.25) is 0 Å². The number of aliphatic hydroxyl groups is 1. The van der Waals surface area contributed by atoms with Crippen molar-refractivity contribution in [2.75, 3.05) is 0 Å². The standard InChI is InChI=1S/C19H19NO/c1-19(2,16-8-4-3-5-9-16)18(21)15-10-11-17-14(13-15)7-6-12-20-17/h3-13,18,21H,1-2H3. The molecule has 1 unspecified atom stereocenters. The van der Waals surface area contributed by atoms with Gasteiger partial charge in [-0.05, 0) is 29.3 Å². The Labute approximate surface area is 125 Å². The number of hydrogen-bond donors (Lipinski definition) is 1. The smallest absolute Gasteiger partial charge is 0.0881 e. The maximum atomic E-state index is 10.8. The Morgan fingerprint density at radius 2 is 1.71 bits per heavy atom. The molecule has 0 radical (unpaired) electrons. The quantitative estimate of drug-likeness (QED) is 0.776. The Bertz CT molecular complexity index is 750. The predicted octanol–water partition coefficient (Wildman–Crippen LogP) is 4.25. The fourth-order valence-electron chi connectivity index (χ4n) is 2.71. The lowest BCUT2D eigenvalue weighted by Gasteiger charge is -2.31. The van der Waals surface area contributed by atoms with Crippen molar-refractivity contribution in [3.8, 4) is 0 Å². The molecule has 2 aromatic carbocycles. The van der Waals surface area contributed by atoms with E-state index in [1.165, 1.54) is 0 Å². The summed E-state index contributed by atoms with van der Waals surface area (Å²) in [5.74, 6) is 0. The monoisotopic (exact) mass is 277 g/mol. The molecule has 21 heavy (non-hydrogen) atoms. The van der Waals surface area contributed by atoms with Gasteiger partial charge in [-0.3, -0.25) is 4.98 Å². The number of nitrogens with zero attached hydrogens (tertiary/aromatic N) is 1. The van der Waals surface area contributed by atoms with E-state index >= 15 is 0 Å². The van der Waals surface area contributed by atoms with Crippen LogP contribution in [0.3, 0.4) is 0 Å². The third-order valence-electron chi connectivity index (χ3n) is 4.14. The SMILES string of the molecule is CC(C)(c1ccccc1)C(O)c1ccc2ncccc2c1. The predicted molar refractivity (Wildman–Crippen MR) is 86.2 cm³/mol. The second-order valence-corrected chi connectivity index (χ2v) is 5.95. The lowest BCUT2D eigenvalue weighted by molar-refractivity contribution is 0.100. The first-order valence-corrected chi connectivity index (χ1v) is 7.17. The number of aliphatic hydroxyl groups excluding tert-OH is 1. The molecule has 1 heterocycles. The molecular weight excluding hydrogens is 258 g/mol. The Morgan fingerprint density at radius 1 is 0.952 bits per heavy atom. The zero-order chi connectivity index (χ0) is 14.9. The van der Waals surface area contributed by atoms with Gasteiger partial charge in [-0.1, -0.05) is 56.3 Å². The van der Waals surface area contributed by atoms with Crippen molar-refractivity contribution in [1.82, 2.24) is 4.98 Å². The molecule has 1 N–H and O–H groups in total. The molecule has 0 aliphatic rings. The molecule has 0 fully saturated rings. The van der Waals surface area contributed by atoms with E-state index in [9.17, 15) is 5.11 Å². The average molecular weight is 277 g/mol. The van der Waals surface area contributed by atoms with Crippen LogP contribution in [0, 0.1) is 0 Å². The van der Waals surface area contributed by atoms with Crippen LogP contribution in [-0.2, 0) is 5.41 Å². The second kappa shape index (κ2) is 5.30. The van der Waals surface area contributed by atoms with Crippen molar-refractivity contribution in [2.45, 2.75) is 25.4 Å². The van der Waals surface area contributed by atoms with Gasteiger partial charge in [0.25, 0.3) is 0 Å². The molecule has 3 rings (SSSR count). The molecular formula is C19H19NO. The number of pyridine rings is 1. The normalized spacial score (nSPS) is 13.3. The lowest BCUT2D eigenvalue weighted by Crippen LogP contribution is -2.26. The van der Waals surface area contributed by atoms with Crippen LogP contribution in [-0.4, -0.2) is 10.1 Å². The Hall–Kier alpha value is -2.19. The van der Waals surface area contributed by atoms with Gasteiger partial charge in [0.15, 0.2) is 0 Å². The van der Waals surface area contributed by atoms with Gasteiger partial charge in [-0.25, -0.2) is 0 Å². The largest absolute Gasteiger partial charge is 0.388 e. The van der Waals surface area contributed by atoms with Crippen molar-refractivity contribution in [1.29, 1.82) is 0 Å². The van der Waals surface area contributed by atoms with Crippen molar-refractivity contribution in [3.05, 3.63) is 78.0 Å². The van der Waals surface area contributed by atoms with Gasteiger partial charge in [-0.15, -0.1) is 0 Å². The minimum Gasteiger partial charge on any atom is -0.388 e. The number of fused-ring (bicyclic) bond motifs is 1. The third-order valence-corrected chi connectivity index (χ3v) is 4.14. The summed E-state index contributed by atoms with van der Waals surface area (Å²) < 4.78 is 0. The van der Waals surface area contributed by atoms with E-state index in [0.717, 1.165) is 22.0 Å². The van der Waals surface area contributed by atoms with Gasteiger partial charge in [0.05, 0.1) is 11.6 Å². The van der Waals surface area contributed by atoms with E-state index < -0.39 is 6.10 Å². The van der Waals surface area contributed by atoms with E-state index in [2.05, 4.69) is 31.0 Å². The highest BCUT2D eigenvalue weighted by molar-refractivity contribution is 5.79. The molecule has 0 aliphatic carbocycles. The van der Waals surface area contributed by atoms with E-state index in [1.54, 1.807) is 6.20 Å². The van der Waals surface area contributed by atoms with Crippen molar-refractivity contribution in [2.24, 2.45) is 0 Å². The maximum absolute atomic E-state index is 10.8. The van der Waals surface area contributed by atoms with Crippen molar-refractivity contribution >= 4 is 10.9 Å². The maximum Gasteiger partial charge on any atom is 0.0881 e. The minimum atomic E-state index is -0.565. The van der Waals surface area contributed by atoms with Crippen LogP contribution in [0.15, 0.2) is 66.9 Å². The number of rotatable bonds is 3. The van der Waals surface area contributed by atoms with Gasteiger partial charge in [0.1, 0.15) is 0 Å². The average Bonchev–Trinajstić information content (AvgIpc) is 2.54. The number of benzene rings is 2. The number of aromatic nitrogens is 1. The van der Waals surface area contributed by atoms with Crippen LogP contribution in [0.5, 0.6) is 0 Å². The molecule has 1 atom stereocenters. The molecule has 0 amide bonds. The molecule has 0 spiro atoms. The molecule has 0 bridgehead atoms. The fraction of sp³-hybridized carbons (Fsp3) is 0.211. The first-order valence-electron chi connectivity index (χ1n) is 7.17. The molecule has 0 saturated heterocycles. The van der Waals surface area contributed by atoms with Crippen molar-refractivity contribution in [3.63, 3.8) is 0 Å². The summed E-state index contributed by atoms with van der Waals surface area (Å²) >= 11 is 0. The van der Waals surface area contributed by atoms with Crippen LogP contribution in [0.1, 0.15) is 31.1 Å². The zero-order valence-electron chi connectivity index (χ0n) is 12.3.